The van der Waals surface area contributed by atoms with Gasteiger partial charge in [0.2, 0.25) is 0 Å². The van der Waals surface area contributed by atoms with Crippen molar-refractivity contribution in [2.75, 3.05) is 13.7 Å². The van der Waals surface area contributed by atoms with Gasteiger partial charge in [0.25, 0.3) is 0 Å². The van der Waals surface area contributed by atoms with Gasteiger partial charge in [-0.2, -0.15) is 0 Å². The Hall–Kier alpha value is -2.18. The van der Waals surface area contributed by atoms with Crippen LogP contribution in [0.2, 0.25) is 0 Å². The lowest BCUT2D eigenvalue weighted by Crippen LogP contribution is -2.46. The largest absolute Gasteiger partial charge is 0.372 e. The van der Waals surface area contributed by atoms with E-state index in [0.717, 1.165) is 10.4 Å². The number of thiophene rings is 1. The molecule has 6 heteroatoms. The predicted octanol–water partition coefficient (Wildman–Crippen LogP) is 2.43. The second kappa shape index (κ2) is 8.61. The molecule has 0 bridgehead atoms. The van der Waals surface area contributed by atoms with E-state index in [0.29, 0.717) is 13.0 Å². The van der Waals surface area contributed by atoms with Crippen molar-refractivity contribution in [2.45, 2.75) is 25.5 Å². The van der Waals surface area contributed by atoms with Gasteiger partial charge in [0.15, 0.2) is 0 Å². The molecule has 2 N–H and O–H groups in total. The second-order valence-corrected chi connectivity index (χ2v) is 6.39. The monoisotopic (exact) mass is 346 g/mol. The highest BCUT2D eigenvalue weighted by Crippen LogP contribution is 2.27. The lowest BCUT2D eigenvalue weighted by molar-refractivity contribution is -0.140. The Morgan fingerprint density at radius 1 is 1.08 bits per heavy atom. The molecule has 0 saturated heterocycles. The third kappa shape index (κ3) is 4.43. The molecule has 0 saturated carbocycles. The zero-order chi connectivity index (χ0) is 17.4. The van der Waals surface area contributed by atoms with Gasteiger partial charge in [-0.15, -0.1) is 11.3 Å². The number of hydrogen-bond acceptors (Lipinski definition) is 4. The van der Waals surface area contributed by atoms with Crippen molar-refractivity contribution in [3.05, 3.63) is 58.3 Å². The number of carbonyl (C=O) groups is 2. The van der Waals surface area contributed by atoms with Gasteiger partial charge in [-0.3, -0.25) is 9.59 Å². The summed E-state index contributed by atoms with van der Waals surface area (Å²) in [6, 6.07) is 13.5. The van der Waals surface area contributed by atoms with Crippen LogP contribution in [0.4, 0.5) is 0 Å². The highest BCUT2D eigenvalue weighted by atomic mass is 32.1. The van der Waals surface area contributed by atoms with Crippen LogP contribution < -0.4 is 10.6 Å². The van der Waals surface area contributed by atoms with Gasteiger partial charge in [-0.25, -0.2) is 0 Å². The normalized spacial score (nSPS) is 13.1. The van der Waals surface area contributed by atoms with E-state index in [1.54, 1.807) is 7.11 Å². The summed E-state index contributed by atoms with van der Waals surface area (Å²) >= 11 is 1.53. The van der Waals surface area contributed by atoms with Gasteiger partial charge >= 0.3 is 11.8 Å². The fourth-order valence-corrected chi connectivity index (χ4v) is 3.12. The number of benzene rings is 1. The minimum Gasteiger partial charge on any atom is -0.372 e. The lowest BCUT2D eigenvalue weighted by atomic mass is 9.90. The molecule has 1 aromatic heterocycles. The first-order valence-electron chi connectivity index (χ1n) is 7.80. The van der Waals surface area contributed by atoms with Crippen LogP contribution in [-0.2, 0) is 26.5 Å². The molecule has 24 heavy (non-hydrogen) atoms. The molecule has 128 valence electrons. The molecular formula is C18H22N2O3S. The Labute approximate surface area is 146 Å². The standard InChI is InChI=1S/C18H22N2O3S/c1-3-18(23-2,14-8-5-4-6-9-14)13-20-17(22)16(21)19-12-15-10-7-11-24-15/h4-11H,3,12-13H2,1-2H3,(H,19,21)(H,20,22)/t18-/m1/s1. The van der Waals surface area contributed by atoms with E-state index >= 15 is 0 Å². The molecule has 0 aliphatic rings. The van der Waals surface area contributed by atoms with Crippen LogP contribution in [0.15, 0.2) is 47.8 Å². The first-order chi connectivity index (χ1) is 11.6. The van der Waals surface area contributed by atoms with Crippen LogP contribution in [0.5, 0.6) is 0 Å². The summed E-state index contributed by atoms with van der Waals surface area (Å²) in [6.45, 7) is 2.57. The van der Waals surface area contributed by atoms with Crippen molar-refractivity contribution in [2.24, 2.45) is 0 Å². The van der Waals surface area contributed by atoms with Crippen molar-refractivity contribution in [1.82, 2.24) is 10.6 Å². The molecular weight excluding hydrogens is 324 g/mol. The van der Waals surface area contributed by atoms with Crippen LogP contribution >= 0.6 is 11.3 Å². The number of rotatable bonds is 7. The van der Waals surface area contributed by atoms with E-state index in [-0.39, 0.29) is 6.54 Å². The Morgan fingerprint density at radius 2 is 1.79 bits per heavy atom. The van der Waals surface area contributed by atoms with Crippen molar-refractivity contribution >= 4 is 23.2 Å². The molecule has 2 rings (SSSR count). The Kier molecular flexibility index (Phi) is 6.52. The first-order valence-corrected chi connectivity index (χ1v) is 8.68. The highest BCUT2D eigenvalue weighted by molar-refractivity contribution is 7.09. The molecule has 1 aromatic carbocycles. The topological polar surface area (TPSA) is 67.4 Å². The van der Waals surface area contributed by atoms with Gasteiger partial charge in [0, 0.05) is 12.0 Å². The number of nitrogens with one attached hydrogen (secondary N) is 2. The molecule has 2 amide bonds. The summed E-state index contributed by atoms with van der Waals surface area (Å²) in [7, 11) is 1.61. The van der Waals surface area contributed by atoms with E-state index < -0.39 is 17.4 Å². The van der Waals surface area contributed by atoms with E-state index in [1.807, 2.05) is 54.8 Å². The third-order valence-corrected chi connectivity index (χ3v) is 4.88. The molecule has 2 aromatic rings. The molecule has 1 heterocycles. The van der Waals surface area contributed by atoms with E-state index in [4.69, 9.17) is 4.74 Å². The second-order valence-electron chi connectivity index (χ2n) is 5.36. The number of hydrogen-bond donors (Lipinski definition) is 2. The van der Waals surface area contributed by atoms with E-state index in [9.17, 15) is 9.59 Å². The number of methoxy groups -OCH3 is 1. The van der Waals surface area contributed by atoms with Gasteiger partial charge in [0.1, 0.15) is 5.60 Å². The summed E-state index contributed by atoms with van der Waals surface area (Å²) in [5, 5.41) is 7.22. The van der Waals surface area contributed by atoms with Gasteiger partial charge in [-0.1, -0.05) is 43.3 Å². The maximum atomic E-state index is 12.0. The van der Waals surface area contributed by atoms with Gasteiger partial charge in [-0.05, 0) is 23.4 Å². The molecule has 1 atom stereocenters. The van der Waals surface area contributed by atoms with Crippen LogP contribution in [-0.4, -0.2) is 25.5 Å². The Bertz CT molecular complexity index is 652. The molecule has 0 aliphatic heterocycles. The SMILES string of the molecule is CC[C@](CNC(=O)C(=O)NCc1cccs1)(OC)c1ccccc1. The van der Waals surface area contributed by atoms with E-state index in [2.05, 4.69) is 10.6 Å². The lowest BCUT2D eigenvalue weighted by Gasteiger charge is -2.32. The van der Waals surface area contributed by atoms with Gasteiger partial charge in [0.05, 0.1) is 13.1 Å². The molecule has 5 nitrogen and oxygen atoms in total. The smallest absolute Gasteiger partial charge is 0.309 e. The molecule has 0 aliphatic carbocycles. The summed E-state index contributed by atoms with van der Waals surface area (Å²) in [6.07, 6.45) is 0.671. The van der Waals surface area contributed by atoms with Crippen molar-refractivity contribution < 1.29 is 14.3 Å². The summed E-state index contributed by atoms with van der Waals surface area (Å²) in [4.78, 5) is 24.9. The zero-order valence-electron chi connectivity index (χ0n) is 13.9. The first kappa shape index (κ1) is 18.2. The van der Waals surface area contributed by atoms with Crippen LogP contribution in [0.1, 0.15) is 23.8 Å². The van der Waals surface area contributed by atoms with Gasteiger partial charge < -0.3 is 15.4 Å². The Balaban J connectivity index is 1.93. The molecule has 0 radical (unpaired) electrons. The summed E-state index contributed by atoms with van der Waals surface area (Å²) < 4.78 is 5.68. The predicted molar refractivity (Wildman–Crippen MR) is 94.6 cm³/mol. The number of amides is 2. The highest BCUT2D eigenvalue weighted by Gasteiger charge is 2.31. The maximum Gasteiger partial charge on any atom is 0.309 e. The third-order valence-electron chi connectivity index (χ3n) is 4.01. The van der Waals surface area contributed by atoms with Crippen LogP contribution in [0, 0.1) is 0 Å². The minimum absolute atomic E-state index is 0.231. The zero-order valence-corrected chi connectivity index (χ0v) is 14.7. The molecule has 0 fully saturated rings. The van der Waals surface area contributed by atoms with Crippen molar-refractivity contribution in [3.63, 3.8) is 0 Å². The maximum absolute atomic E-state index is 12.0. The van der Waals surface area contributed by atoms with Crippen LogP contribution in [0.25, 0.3) is 0 Å². The molecule has 0 spiro atoms. The fourth-order valence-electron chi connectivity index (χ4n) is 2.47. The average molecular weight is 346 g/mol. The van der Waals surface area contributed by atoms with Crippen LogP contribution in [0.3, 0.4) is 0 Å². The molecule has 0 unspecified atom stereocenters. The summed E-state index contributed by atoms with van der Waals surface area (Å²) in [5.74, 6) is -1.30. The number of carbonyl (C=O) groups excluding carboxylic acids is 2. The Morgan fingerprint density at radius 3 is 2.38 bits per heavy atom. The minimum atomic E-state index is -0.655. The average Bonchev–Trinajstić information content (AvgIpc) is 3.15. The van der Waals surface area contributed by atoms with Crippen molar-refractivity contribution in [3.8, 4) is 0 Å². The quantitative estimate of drug-likeness (QED) is 0.757. The van der Waals surface area contributed by atoms with E-state index in [1.165, 1.54) is 11.3 Å². The van der Waals surface area contributed by atoms with Crippen molar-refractivity contribution in [1.29, 1.82) is 0 Å². The fraction of sp³-hybridized carbons (Fsp3) is 0.333. The number of ether oxygens (including phenoxy) is 1. The summed E-state index contributed by atoms with van der Waals surface area (Å²) in [5.41, 5.74) is 0.319.